The first-order valence-electron chi connectivity index (χ1n) is 6.70. The minimum absolute atomic E-state index is 0.193. The zero-order valence-electron chi connectivity index (χ0n) is 12.0. The number of fused-ring (bicyclic) bond motifs is 1. The molecule has 0 bridgehead atoms. The molecule has 0 saturated heterocycles. The van der Waals surface area contributed by atoms with Gasteiger partial charge in [-0.15, -0.1) is 11.3 Å². The van der Waals surface area contributed by atoms with Gasteiger partial charge in [-0.3, -0.25) is 4.79 Å². The first-order valence-corrected chi connectivity index (χ1v) is 7.52. The number of Topliss-reactive ketones (excluding diaryl/α,β-unsaturated/α-hetero) is 1. The molecule has 0 aromatic carbocycles. The lowest BCUT2D eigenvalue weighted by Gasteiger charge is -2.26. The van der Waals surface area contributed by atoms with E-state index in [9.17, 15) is 4.79 Å². The fraction of sp³-hybridized carbons (Fsp3) is 0.667. The van der Waals surface area contributed by atoms with Crippen molar-refractivity contribution < 1.29 is 4.79 Å². The lowest BCUT2D eigenvalue weighted by molar-refractivity contribution is 0.0858. The lowest BCUT2D eigenvalue weighted by Crippen LogP contribution is -2.23. The van der Waals surface area contributed by atoms with Crippen LogP contribution >= 0.6 is 11.3 Å². The molecule has 2 atom stereocenters. The van der Waals surface area contributed by atoms with Crippen LogP contribution in [0.4, 0.5) is 5.00 Å². The maximum atomic E-state index is 12.6. The number of hydrogen-bond donors (Lipinski definition) is 1. The van der Waals surface area contributed by atoms with Gasteiger partial charge in [0.25, 0.3) is 0 Å². The van der Waals surface area contributed by atoms with Crippen LogP contribution in [0.3, 0.4) is 0 Å². The third-order valence-electron chi connectivity index (χ3n) is 3.88. The van der Waals surface area contributed by atoms with Gasteiger partial charge in [-0.05, 0) is 30.2 Å². The summed E-state index contributed by atoms with van der Waals surface area (Å²) in [6, 6.07) is 0. The number of thiophene rings is 1. The quantitative estimate of drug-likeness (QED) is 0.756. The molecule has 1 aliphatic carbocycles. The average molecular weight is 265 g/mol. The largest absolute Gasteiger partial charge is 0.390 e. The highest BCUT2D eigenvalue weighted by atomic mass is 32.1. The van der Waals surface area contributed by atoms with Gasteiger partial charge in [0.15, 0.2) is 5.78 Å². The van der Waals surface area contributed by atoms with Crippen LogP contribution in [-0.4, -0.2) is 5.78 Å². The number of carbonyl (C=O) groups excluding carboxylic acids is 1. The summed E-state index contributed by atoms with van der Waals surface area (Å²) in [6.45, 7) is 10.4. The SMILES string of the molecule is CC1CCC(C)c2c1sc(N)c2C(=O)C(C)(C)C. The van der Waals surface area contributed by atoms with E-state index in [0.29, 0.717) is 11.8 Å². The monoisotopic (exact) mass is 265 g/mol. The summed E-state index contributed by atoms with van der Waals surface area (Å²) in [5, 5.41) is 0.723. The van der Waals surface area contributed by atoms with E-state index < -0.39 is 0 Å². The molecule has 18 heavy (non-hydrogen) atoms. The molecular formula is C15H23NOS. The van der Waals surface area contributed by atoms with Crippen LogP contribution in [0.25, 0.3) is 0 Å². The Morgan fingerprint density at radius 2 is 1.78 bits per heavy atom. The molecule has 1 aromatic rings. The molecule has 2 rings (SSSR count). The molecule has 100 valence electrons. The topological polar surface area (TPSA) is 43.1 Å². The highest BCUT2D eigenvalue weighted by Gasteiger charge is 2.35. The second-order valence-electron chi connectivity index (χ2n) is 6.58. The third kappa shape index (κ3) is 2.09. The maximum absolute atomic E-state index is 12.6. The molecule has 3 heteroatoms. The highest BCUT2D eigenvalue weighted by molar-refractivity contribution is 7.16. The Morgan fingerprint density at radius 1 is 1.22 bits per heavy atom. The summed E-state index contributed by atoms with van der Waals surface area (Å²) < 4.78 is 0. The summed E-state index contributed by atoms with van der Waals surface area (Å²) in [4.78, 5) is 13.9. The highest BCUT2D eigenvalue weighted by Crippen LogP contribution is 2.48. The van der Waals surface area contributed by atoms with Crippen LogP contribution in [0.2, 0.25) is 0 Å². The number of hydrogen-bond acceptors (Lipinski definition) is 3. The van der Waals surface area contributed by atoms with Gasteiger partial charge in [0, 0.05) is 10.3 Å². The molecular weight excluding hydrogens is 242 g/mol. The van der Waals surface area contributed by atoms with E-state index >= 15 is 0 Å². The Hall–Kier alpha value is -0.830. The normalized spacial score (nSPS) is 23.8. The van der Waals surface area contributed by atoms with Crippen molar-refractivity contribution >= 4 is 22.1 Å². The maximum Gasteiger partial charge on any atom is 0.171 e. The number of carbonyl (C=O) groups is 1. The average Bonchev–Trinajstić information content (AvgIpc) is 2.60. The number of anilines is 1. The molecule has 0 aliphatic heterocycles. The summed E-state index contributed by atoms with van der Waals surface area (Å²) in [5.41, 5.74) is 7.85. The van der Waals surface area contributed by atoms with Crippen LogP contribution in [0.1, 0.15) is 80.1 Å². The van der Waals surface area contributed by atoms with E-state index in [4.69, 9.17) is 5.73 Å². The van der Waals surface area contributed by atoms with E-state index in [2.05, 4.69) is 13.8 Å². The molecule has 1 aromatic heterocycles. The predicted octanol–water partition coefficient (Wildman–Crippen LogP) is 4.56. The van der Waals surface area contributed by atoms with Crippen molar-refractivity contribution in [3.8, 4) is 0 Å². The standard InChI is InChI=1S/C15H23NOS/c1-8-6-7-9(2)12-10(8)11(14(16)18-12)13(17)15(3,4)5/h8-9H,6-7,16H2,1-5H3. The van der Waals surface area contributed by atoms with Gasteiger partial charge in [0.05, 0.1) is 10.6 Å². The summed E-state index contributed by atoms with van der Waals surface area (Å²) >= 11 is 1.63. The second kappa shape index (κ2) is 4.37. The van der Waals surface area contributed by atoms with E-state index in [1.54, 1.807) is 11.3 Å². The Labute approximate surface area is 114 Å². The smallest absolute Gasteiger partial charge is 0.171 e. The number of rotatable bonds is 1. The Kier molecular flexibility index (Phi) is 3.30. The molecule has 2 unspecified atom stereocenters. The summed E-state index contributed by atoms with van der Waals surface area (Å²) in [6.07, 6.45) is 2.37. The van der Waals surface area contributed by atoms with Crippen molar-refractivity contribution in [2.45, 2.75) is 59.3 Å². The molecule has 2 nitrogen and oxygen atoms in total. The van der Waals surface area contributed by atoms with E-state index in [1.165, 1.54) is 16.9 Å². The number of ketones is 1. The van der Waals surface area contributed by atoms with E-state index in [0.717, 1.165) is 17.0 Å². The van der Waals surface area contributed by atoms with Crippen LogP contribution in [-0.2, 0) is 0 Å². The summed E-state index contributed by atoms with van der Waals surface area (Å²) in [7, 11) is 0. The van der Waals surface area contributed by atoms with Crippen LogP contribution < -0.4 is 5.73 Å². The molecule has 0 radical (unpaired) electrons. The molecule has 0 amide bonds. The van der Waals surface area contributed by atoms with Crippen molar-refractivity contribution in [1.29, 1.82) is 0 Å². The molecule has 1 heterocycles. The fourth-order valence-corrected chi connectivity index (χ4v) is 3.99. The fourth-order valence-electron chi connectivity index (χ4n) is 2.72. The Morgan fingerprint density at radius 3 is 2.33 bits per heavy atom. The first-order chi connectivity index (χ1) is 8.23. The van der Waals surface area contributed by atoms with Gasteiger partial charge >= 0.3 is 0 Å². The Balaban J connectivity index is 2.59. The van der Waals surface area contributed by atoms with Crippen LogP contribution in [0.5, 0.6) is 0 Å². The number of nitrogens with two attached hydrogens (primary N) is 1. The minimum atomic E-state index is -0.358. The predicted molar refractivity (Wildman–Crippen MR) is 78.6 cm³/mol. The van der Waals surface area contributed by atoms with Crippen LogP contribution in [0.15, 0.2) is 0 Å². The van der Waals surface area contributed by atoms with Crippen molar-refractivity contribution in [2.24, 2.45) is 5.41 Å². The zero-order chi connectivity index (χ0) is 13.7. The van der Waals surface area contributed by atoms with Crippen molar-refractivity contribution in [2.75, 3.05) is 5.73 Å². The van der Waals surface area contributed by atoms with Gasteiger partial charge in [0.1, 0.15) is 0 Å². The summed E-state index contributed by atoms with van der Waals surface area (Å²) in [5.74, 6) is 1.20. The molecule has 2 N–H and O–H groups in total. The van der Waals surface area contributed by atoms with E-state index in [-0.39, 0.29) is 11.2 Å². The van der Waals surface area contributed by atoms with Crippen molar-refractivity contribution in [3.05, 3.63) is 16.0 Å². The van der Waals surface area contributed by atoms with Gasteiger partial charge < -0.3 is 5.73 Å². The first kappa shape index (κ1) is 13.6. The number of nitrogen functional groups attached to an aromatic ring is 1. The molecule has 1 aliphatic rings. The minimum Gasteiger partial charge on any atom is -0.390 e. The molecule has 0 spiro atoms. The van der Waals surface area contributed by atoms with Gasteiger partial charge in [-0.25, -0.2) is 0 Å². The van der Waals surface area contributed by atoms with Gasteiger partial charge in [0.2, 0.25) is 0 Å². The second-order valence-corrected chi connectivity index (χ2v) is 7.66. The van der Waals surface area contributed by atoms with Gasteiger partial charge in [-0.1, -0.05) is 34.6 Å². The van der Waals surface area contributed by atoms with Crippen molar-refractivity contribution in [3.63, 3.8) is 0 Å². The Bertz CT molecular complexity index is 481. The van der Waals surface area contributed by atoms with Crippen LogP contribution in [0, 0.1) is 5.41 Å². The van der Waals surface area contributed by atoms with Crippen molar-refractivity contribution in [1.82, 2.24) is 0 Å². The molecule has 0 saturated carbocycles. The van der Waals surface area contributed by atoms with Gasteiger partial charge in [-0.2, -0.15) is 0 Å². The lowest BCUT2D eigenvalue weighted by atomic mass is 9.77. The third-order valence-corrected chi connectivity index (χ3v) is 5.15. The molecule has 0 fully saturated rings. The zero-order valence-corrected chi connectivity index (χ0v) is 12.8. The van der Waals surface area contributed by atoms with E-state index in [1.807, 2.05) is 20.8 Å².